The molecule has 2 rings (SSSR count). The minimum Gasteiger partial charge on any atom is -0.387 e. The highest BCUT2D eigenvalue weighted by Gasteiger charge is 2.06. The molecule has 0 radical (unpaired) electrons. The Hall–Kier alpha value is -2.15. The molecular weight excluding hydrogens is 348 g/mol. The summed E-state index contributed by atoms with van der Waals surface area (Å²) in [5, 5.41) is 15.8. The molecular formula is C20H24N2O3S. The first kappa shape index (κ1) is 20.2. The van der Waals surface area contributed by atoms with Gasteiger partial charge in [-0.15, -0.1) is 12.6 Å². The summed E-state index contributed by atoms with van der Waals surface area (Å²) in [5.41, 5.74) is 2.74. The van der Waals surface area contributed by atoms with Crippen LogP contribution in [0.3, 0.4) is 0 Å². The largest absolute Gasteiger partial charge is 0.387 e. The van der Waals surface area contributed by atoms with Crippen molar-refractivity contribution in [2.45, 2.75) is 25.4 Å². The van der Waals surface area contributed by atoms with Gasteiger partial charge in [-0.3, -0.25) is 9.59 Å². The molecule has 138 valence electrons. The van der Waals surface area contributed by atoms with Crippen LogP contribution < -0.4 is 10.6 Å². The average molecular weight is 372 g/mol. The number of thiol groups is 1. The van der Waals surface area contributed by atoms with Crippen molar-refractivity contribution in [1.29, 1.82) is 0 Å². The van der Waals surface area contributed by atoms with Gasteiger partial charge in [-0.25, -0.2) is 0 Å². The molecule has 2 aromatic carbocycles. The van der Waals surface area contributed by atoms with Crippen molar-refractivity contribution in [1.82, 2.24) is 5.32 Å². The van der Waals surface area contributed by atoms with E-state index in [0.717, 1.165) is 24.1 Å². The number of nitrogens with one attached hydrogen (secondary N) is 2. The first-order valence-corrected chi connectivity index (χ1v) is 9.03. The van der Waals surface area contributed by atoms with Gasteiger partial charge in [0.15, 0.2) is 5.12 Å². The molecule has 1 amide bonds. The van der Waals surface area contributed by atoms with E-state index >= 15 is 0 Å². The van der Waals surface area contributed by atoms with Crippen LogP contribution >= 0.6 is 12.6 Å². The SMILES string of the molecule is O=C(S)CCC(=O)Nc1ccc(CCNCC(O)c2ccccc2)cc1. The maximum Gasteiger partial charge on any atom is 0.224 e. The summed E-state index contributed by atoms with van der Waals surface area (Å²) in [7, 11) is 0. The summed E-state index contributed by atoms with van der Waals surface area (Å²) in [6, 6.07) is 17.2. The van der Waals surface area contributed by atoms with Crippen molar-refractivity contribution in [3.05, 3.63) is 65.7 Å². The molecule has 1 unspecified atom stereocenters. The van der Waals surface area contributed by atoms with Gasteiger partial charge in [-0.2, -0.15) is 0 Å². The molecule has 5 nitrogen and oxygen atoms in total. The molecule has 0 aromatic heterocycles. The van der Waals surface area contributed by atoms with Crippen LogP contribution in [0.25, 0.3) is 0 Å². The van der Waals surface area contributed by atoms with E-state index in [1.165, 1.54) is 0 Å². The number of rotatable bonds is 10. The third-order valence-electron chi connectivity index (χ3n) is 3.92. The smallest absolute Gasteiger partial charge is 0.224 e. The quantitative estimate of drug-likeness (QED) is 0.382. The third kappa shape index (κ3) is 7.39. The predicted molar refractivity (Wildman–Crippen MR) is 106 cm³/mol. The van der Waals surface area contributed by atoms with Gasteiger partial charge >= 0.3 is 0 Å². The molecule has 0 fully saturated rings. The topological polar surface area (TPSA) is 78.4 Å². The van der Waals surface area contributed by atoms with E-state index in [1.54, 1.807) is 0 Å². The van der Waals surface area contributed by atoms with Crippen LogP contribution in [0, 0.1) is 0 Å². The number of anilines is 1. The Labute approximate surface area is 159 Å². The van der Waals surface area contributed by atoms with Gasteiger partial charge in [0, 0.05) is 25.1 Å². The van der Waals surface area contributed by atoms with Gasteiger partial charge in [0.2, 0.25) is 5.91 Å². The van der Waals surface area contributed by atoms with E-state index in [4.69, 9.17) is 0 Å². The number of aliphatic hydroxyl groups is 1. The van der Waals surface area contributed by atoms with Crippen molar-refractivity contribution in [3.63, 3.8) is 0 Å². The Balaban J connectivity index is 1.69. The zero-order chi connectivity index (χ0) is 18.8. The fourth-order valence-corrected chi connectivity index (χ4v) is 2.58. The second kappa shape index (κ2) is 10.8. The fourth-order valence-electron chi connectivity index (χ4n) is 2.46. The number of benzene rings is 2. The second-order valence-electron chi connectivity index (χ2n) is 6.02. The molecule has 26 heavy (non-hydrogen) atoms. The summed E-state index contributed by atoms with van der Waals surface area (Å²) in [6.45, 7) is 1.25. The van der Waals surface area contributed by atoms with Crippen molar-refractivity contribution >= 4 is 29.3 Å². The van der Waals surface area contributed by atoms with Crippen LogP contribution in [-0.2, 0) is 16.0 Å². The maximum absolute atomic E-state index is 11.7. The summed E-state index contributed by atoms with van der Waals surface area (Å²) >= 11 is 3.65. The van der Waals surface area contributed by atoms with Gasteiger partial charge in [0.1, 0.15) is 0 Å². The van der Waals surface area contributed by atoms with Crippen LogP contribution in [0.4, 0.5) is 5.69 Å². The minimum absolute atomic E-state index is 0.132. The van der Waals surface area contributed by atoms with Crippen molar-refractivity contribution < 1.29 is 14.7 Å². The number of amides is 1. The zero-order valence-corrected chi connectivity index (χ0v) is 15.4. The van der Waals surface area contributed by atoms with E-state index in [9.17, 15) is 14.7 Å². The van der Waals surface area contributed by atoms with Crippen molar-refractivity contribution in [2.75, 3.05) is 18.4 Å². The molecule has 0 saturated carbocycles. The third-order valence-corrected chi connectivity index (χ3v) is 4.14. The molecule has 0 saturated heterocycles. The van der Waals surface area contributed by atoms with Gasteiger partial charge in [-0.05, 0) is 36.2 Å². The number of aliphatic hydroxyl groups excluding tert-OH is 1. The Morgan fingerprint density at radius 1 is 1.00 bits per heavy atom. The summed E-state index contributed by atoms with van der Waals surface area (Å²) in [4.78, 5) is 22.4. The Morgan fingerprint density at radius 2 is 1.69 bits per heavy atom. The van der Waals surface area contributed by atoms with Crippen LogP contribution in [0.15, 0.2) is 54.6 Å². The van der Waals surface area contributed by atoms with E-state index < -0.39 is 6.10 Å². The van der Waals surface area contributed by atoms with Crippen LogP contribution in [-0.4, -0.2) is 29.2 Å². The molecule has 0 spiro atoms. The fraction of sp³-hybridized carbons (Fsp3) is 0.300. The van der Waals surface area contributed by atoms with Crippen LogP contribution in [0.1, 0.15) is 30.1 Å². The van der Waals surface area contributed by atoms with E-state index in [1.807, 2.05) is 54.6 Å². The highest BCUT2D eigenvalue weighted by atomic mass is 32.1. The van der Waals surface area contributed by atoms with Gasteiger partial charge in [0.05, 0.1) is 6.10 Å². The number of carbonyl (C=O) groups excluding carboxylic acids is 2. The lowest BCUT2D eigenvalue weighted by Gasteiger charge is -2.12. The second-order valence-corrected chi connectivity index (χ2v) is 6.52. The highest BCUT2D eigenvalue weighted by Crippen LogP contribution is 2.12. The first-order chi connectivity index (χ1) is 12.5. The lowest BCUT2D eigenvalue weighted by molar-refractivity contribution is -0.119. The van der Waals surface area contributed by atoms with E-state index in [2.05, 4.69) is 23.3 Å². The molecule has 0 bridgehead atoms. The Morgan fingerprint density at radius 3 is 2.35 bits per heavy atom. The molecule has 6 heteroatoms. The zero-order valence-electron chi connectivity index (χ0n) is 14.5. The molecule has 0 heterocycles. The van der Waals surface area contributed by atoms with Crippen LogP contribution in [0.2, 0.25) is 0 Å². The number of hydrogen-bond donors (Lipinski definition) is 4. The number of hydrogen-bond acceptors (Lipinski definition) is 4. The van der Waals surface area contributed by atoms with Gasteiger partial charge in [-0.1, -0.05) is 42.5 Å². The summed E-state index contributed by atoms with van der Waals surface area (Å²) in [5.74, 6) is -0.197. The Kier molecular flexibility index (Phi) is 8.34. The Bertz CT molecular complexity index is 705. The van der Waals surface area contributed by atoms with Crippen LogP contribution in [0.5, 0.6) is 0 Å². The van der Waals surface area contributed by atoms with Gasteiger partial charge < -0.3 is 15.7 Å². The normalized spacial score (nSPS) is 11.8. The van der Waals surface area contributed by atoms with E-state index in [0.29, 0.717) is 12.2 Å². The number of carbonyl (C=O) groups is 2. The predicted octanol–water partition coefficient (Wildman–Crippen LogP) is 2.73. The molecule has 0 aliphatic carbocycles. The monoisotopic (exact) mass is 372 g/mol. The molecule has 0 aliphatic rings. The lowest BCUT2D eigenvalue weighted by Crippen LogP contribution is -2.23. The van der Waals surface area contributed by atoms with Gasteiger partial charge in [0.25, 0.3) is 0 Å². The van der Waals surface area contributed by atoms with E-state index in [-0.39, 0.29) is 23.9 Å². The van der Waals surface area contributed by atoms with Crippen molar-refractivity contribution in [3.8, 4) is 0 Å². The molecule has 2 aromatic rings. The minimum atomic E-state index is -0.516. The summed E-state index contributed by atoms with van der Waals surface area (Å²) < 4.78 is 0. The standard InChI is InChI=1S/C20H24N2O3S/c23-18(16-4-2-1-3-5-16)14-21-13-12-15-6-8-17(9-7-15)22-19(24)10-11-20(25)26/h1-9,18,21,23H,10-14H2,(H,22,24)(H,25,26). The van der Waals surface area contributed by atoms with Crippen molar-refractivity contribution in [2.24, 2.45) is 0 Å². The lowest BCUT2D eigenvalue weighted by atomic mass is 10.1. The first-order valence-electron chi connectivity index (χ1n) is 8.59. The molecule has 0 aliphatic heterocycles. The molecule has 1 atom stereocenters. The highest BCUT2D eigenvalue weighted by molar-refractivity contribution is 7.96. The average Bonchev–Trinajstić information content (AvgIpc) is 2.65. The molecule has 3 N–H and O–H groups in total. The maximum atomic E-state index is 11.7. The summed E-state index contributed by atoms with van der Waals surface area (Å²) in [6.07, 6.45) is 0.577.